The monoisotopic (exact) mass is 280 g/mol. The number of hydrogen-bond acceptors (Lipinski definition) is 6. The van der Waals surface area contributed by atoms with E-state index in [0.717, 1.165) is 0 Å². The second-order valence-corrected chi connectivity index (χ2v) is 4.47. The molecule has 3 N–H and O–H groups in total. The molecule has 0 amide bonds. The lowest BCUT2D eigenvalue weighted by Gasteiger charge is -2.24. The molecule has 1 fully saturated rings. The van der Waals surface area contributed by atoms with Crippen LogP contribution in [0.3, 0.4) is 0 Å². The van der Waals surface area contributed by atoms with Crippen molar-refractivity contribution >= 4 is 17.3 Å². The number of nitrogens with one attached hydrogen (secondary N) is 1. The minimum atomic E-state index is -0.354. The van der Waals surface area contributed by atoms with Crippen molar-refractivity contribution in [1.82, 2.24) is 0 Å². The fraction of sp³-hybridized carbons (Fsp3) is 0.500. The van der Waals surface area contributed by atoms with Crippen molar-refractivity contribution in [3.05, 3.63) is 23.8 Å². The fourth-order valence-electron chi connectivity index (χ4n) is 1.93. The van der Waals surface area contributed by atoms with E-state index in [0.29, 0.717) is 49.9 Å². The third-order valence-electron chi connectivity index (χ3n) is 2.97. The van der Waals surface area contributed by atoms with Gasteiger partial charge in [0, 0.05) is 6.54 Å². The molecular formula is C14H20N2O4. The standard InChI is InChI=1S/C14H20N2O4/c1-2-19-14(17)10-3-4-12(15)13(7-10)16-8-11-9-18-5-6-20-11/h3-4,7,11,16H,2,5-6,8-9,15H2,1H3. The lowest BCUT2D eigenvalue weighted by molar-refractivity contribution is -0.0818. The molecule has 0 spiro atoms. The number of ether oxygens (including phenoxy) is 3. The van der Waals surface area contributed by atoms with E-state index >= 15 is 0 Å². The van der Waals surface area contributed by atoms with Crippen molar-refractivity contribution in [1.29, 1.82) is 0 Å². The zero-order valence-corrected chi connectivity index (χ0v) is 11.6. The highest BCUT2D eigenvalue weighted by Crippen LogP contribution is 2.21. The Morgan fingerprint density at radius 3 is 3.05 bits per heavy atom. The summed E-state index contributed by atoms with van der Waals surface area (Å²) in [6, 6.07) is 5.03. The van der Waals surface area contributed by atoms with Crippen LogP contribution < -0.4 is 11.1 Å². The summed E-state index contributed by atoms with van der Waals surface area (Å²) in [6.07, 6.45) is -0.00519. The Kier molecular flexibility index (Phi) is 5.20. The molecule has 1 aliphatic heterocycles. The normalized spacial score (nSPS) is 18.6. The van der Waals surface area contributed by atoms with Gasteiger partial charge in [-0.15, -0.1) is 0 Å². The molecule has 0 radical (unpaired) electrons. The van der Waals surface area contributed by atoms with E-state index in [1.807, 2.05) is 0 Å². The van der Waals surface area contributed by atoms with Crippen molar-refractivity contribution in [3.63, 3.8) is 0 Å². The van der Waals surface area contributed by atoms with Gasteiger partial charge in [0.25, 0.3) is 0 Å². The molecule has 0 aromatic heterocycles. The first kappa shape index (κ1) is 14.6. The molecule has 1 aromatic rings. The number of carbonyl (C=O) groups excluding carboxylic acids is 1. The second kappa shape index (κ2) is 7.12. The van der Waals surface area contributed by atoms with Gasteiger partial charge in [-0.1, -0.05) is 0 Å². The maximum Gasteiger partial charge on any atom is 0.338 e. The van der Waals surface area contributed by atoms with E-state index < -0.39 is 0 Å². The molecule has 1 saturated heterocycles. The van der Waals surface area contributed by atoms with Crippen LogP contribution in [0.1, 0.15) is 17.3 Å². The highest BCUT2D eigenvalue weighted by Gasteiger charge is 2.15. The molecule has 1 unspecified atom stereocenters. The lowest BCUT2D eigenvalue weighted by Crippen LogP contribution is -2.34. The van der Waals surface area contributed by atoms with Gasteiger partial charge in [0.05, 0.1) is 49.5 Å². The molecule has 0 saturated carbocycles. The summed E-state index contributed by atoms with van der Waals surface area (Å²) in [6.45, 7) is 4.50. The fourth-order valence-corrected chi connectivity index (χ4v) is 1.93. The van der Waals surface area contributed by atoms with Crippen molar-refractivity contribution in [2.24, 2.45) is 0 Å². The lowest BCUT2D eigenvalue weighted by atomic mass is 10.1. The molecular weight excluding hydrogens is 260 g/mol. The van der Waals surface area contributed by atoms with Crippen LogP contribution in [-0.4, -0.2) is 45.0 Å². The average Bonchev–Trinajstić information content (AvgIpc) is 2.47. The van der Waals surface area contributed by atoms with Crippen LogP contribution in [0.5, 0.6) is 0 Å². The summed E-state index contributed by atoms with van der Waals surface area (Å²) in [7, 11) is 0. The highest BCUT2D eigenvalue weighted by molar-refractivity contribution is 5.92. The Hall–Kier alpha value is -1.79. The first-order valence-corrected chi connectivity index (χ1v) is 6.70. The number of rotatable bonds is 5. The topological polar surface area (TPSA) is 82.8 Å². The molecule has 6 nitrogen and oxygen atoms in total. The highest BCUT2D eigenvalue weighted by atomic mass is 16.6. The molecule has 6 heteroatoms. The zero-order chi connectivity index (χ0) is 14.4. The van der Waals surface area contributed by atoms with Crippen molar-refractivity contribution in [2.75, 3.05) is 44.0 Å². The summed E-state index contributed by atoms with van der Waals surface area (Å²) in [5.41, 5.74) is 7.65. The van der Waals surface area contributed by atoms with Crippen LogP contribution in [0.25, 0.3) is 0 Å². The minimum absolute atomic E-state index is 0.00519. The van der Waals surface area contributed by atoms with Crippen LogP contribution in [-0.2, 0) is 14.2 Å². The summed E-state index contributed by atoms with van der Waals surface area (Å²) in [4.78, 5) is 11.7. The maximum atomic E-state index is 11.7. The van der Waals surface area contributed by atoms with Gasteiger partial charge in [0.2, 0.25) is 0 Å². The van der Waals surface area contributed by atoms with Gasteiger partial charge in [0.1, 0.15) is 0 Å². The van der Waals surface area contributed by atoms with E-state index in [9.17, 15) is 4.79 Å². The Balaban J connectivity index is 1.98. The van der Waals surface area contributed by atoms with E-state index in [2.05, 4.69) is 5.32 Å². The van der Waals surface area contributed by atoms with Crippen LogP contribution >= 0.6 is 0 Å². The van der Waals surface area contributed by atoms with Crippen molar-refractivity contribution < 1.29 is 19.0 Å². The van der Waals surface area contributed by atoms with Crippen molar-refractivity contribution in [2.45, 2.75) is 13.0 Å². The van der Waals surface area contributed by atoms with E-state index in [-0.39, 0.29) is 12.1 Å². The first-order chi connectivity index (χ1) is 9.70. The number of benzene rings is 1. The van der Waals surface area contributed by atoms with Gasteiger partial charge in [-0.3, -0.25) is 0 Å². The molecule has 110 valence electrons. The largest absolute Gasteiger partial charge is 0.462 e. The smallest absolute Gasteiger partial charge is 0.338 e. The van der Waals surface area contributed by atoms with Gasteiger partial charge in [-0.25, -0.2) is 4.79 Å². The first-order valence-electron chi connectivity index (χ1n) is 6.70. The Bertz CT molecular complexity index is 458. The second-order valence-electron chi connectivity index (χ2n) is 4.47. The van der Waals surface area contributed by atoms with Crippen molar-refractivity contribution in [3.8, 4) is 0 Å². The van der Waals surface area contributed by atoms with E-state index in [1.54, 1.807) is 25.1 Å². The minimum Gasteiger partial charge on any atom is -0.462 e. The number of esters is 1. The number of carbonyl (C=O) groups is 1. The molecule has 1 aromatic carbocycles. The number of anilines is 2. The zero-order valence-electron chi connectivity index (χ0n) is 11.6. The molecule has 0 aliphatic carbocycles. The third-order valence-corrected chi connectivity index (χ3v) is 2.97. The summed E-state index contributed by atoms with van der Waals surface area (Å²) in [5.74, 6) is -0.354. The molecule has 1 aliphatic rings. The van der Waals surface area contributed by atoms with Crippen LogP contribution in [0.2, 0.25) is 0 Å². The number of nitrogen functional groups attached to an aromatic ring is 1. The molecule has 1 atom stereocenters. The van der Waals surface area contributed by atoms with Gasteiger partial charge < -0.3 is 25.3 Å². The SMILES string of the molecule is CCOC(=O)c1ccc(N)c(NCC2COCCO2)c1. The number of hydrogen-bond donors (Lipinski definition) is 2. The Labute approximate surface area is 118 Å². The molecule has 0 bridgehead atoms. The summed E-state index contributed by atoms with van der Waals surface area (Å²) >= 11 is 0. The van der Waals surface area contributed by atoms with Crippen LogP contribution in [0.4, 0.5) is 11.4 Å². The molecule has 1 heterocycles. The van der Waals surface area contributed by atoms with Gasteiger partial charge in [-0.05, 0) is 25.1 Å². The van der Waals surface area contributed by atoms with E-state index in [4.69, 9.17) is 19.9 Å². The average molecular weight is 280 g/mol. The van der Waals surface area contributed by atoms with Crippen LogP contribution in [0, 0.1) is 0 Å². The van der Waals surface area contributed by atoms with Gasteiger partial charge in [-0.2, -0.15) is 0 Å². The predicted molar refractivity (Wildman–Crippen MR) is 75.9 cm³/mol. The quantitative estimate of drug-likeness (QED) is 0.624. The summed E-state index contributed by atoms with van der Waals surface area (Å²) in [5, 5.41) is 3.18. The Morgan fingerprint density at radius 1 is 1.50 bits per heavy atom. The van der Waals surface area contributed by atoms with Gasteiger partial charge >= 0.3 is 5.97 Å². The van der Waals surface area contributed by atoms with E-state index in [1.165, 1.54) is 0 Å². The maximum absolute atomic E-state index is 11.7. The number of nitrogens with two attached hydrogens (primary N) is 1. The Morgan fingerprint density at radius 2 is 2.35 bits per heavy atom. The molecule has 20 heavy (non-hydrogen) atoms. The third kappa shape index (κ3) is 3.85. The van der Waals surface area contributed by atoms with Gasteiger partial charge in [0.15, 0.2) is 0 Å². The summed E-state index contributed by atoms with van der Waals surface area (Å²) < 4.78 is 15.8. The van der Waals surface area contributed by atoms with Crippen LogP contribution in [0.15, 0.2) is 18.2 Å². The molecule has 2 rings (SSSR count). The predicted octanol–water partition coefficient (Wildman–Crippen LogP) is 1.27.